The van der Waals surface area contributed by atoms with E-state index in [1.54, 1.807) is 0 Å². The van der Waals surface area contributed by atoms with Crippen molar-refractivity contribution in [1.29, 1.82) is 0 Å². The average Bonchev–Trinajstić information content (AvgIpc) is 2.05. The van der Waals surface area contributed by atoms with Crippen LogP contribution in [-0.2, 0) is 0 Å². The van der Waals surface area contributed by atoms with Gasteiger partial charge in [0.1, 0.15) is 5.84 Å². The summed E-state index contributed by atoms with van der Waals surface area (Å²) < 4.78 is 0. The minimum Gasteiger partial charge on any atom is -0.290 e. The van der Waals surface area contributed by atoms with Crippen molar-refractivity contribution >= 4 is 5.84 Å². The normalized spacial score (nSPS) is 25.3. The standard InChI is InChI=1S/C7H12N2O/c1-2-6-3-4-8-7(5-6)9-10/h2,6,10H,1,3-5H2,(H,8,9). The predicted molar refractivity (Wildman–Crippen MR) is 40.1 cm³/mol. The summed E-state index contributed by atoms with van der Waals surface area (Å²) in [6.45, 7) is 4.48. The fourth-order valence-electron chi connectivity index (χ4n) is 1.06. The lowest BCUT2D eigenvalue weighted by molar-refractivity contribution is 0.228. The second-order valence-electron chi connectivity index (χ2n) is 2.43. The van der Waals surface area contributed by atoms with Crippen LogP contribution in [0.2, 0.25) is 0 Å². The summed E-state index contributed by atoms with van der Waals surface area (Å²) in [6.07, 6.45) is 3.75. The molecule has 56 valence electrons. The van der Waals surface area contributed by atoms with Crippen molar-refractivity contribution in [2.24, 2.45) is 10.9 Å². The number of rotatable bonds is 1. The third-order valence-corrected chi connectivity index (χ3v) is 1.72. The predicted octanol–water partition coefficient (Wildman–Crippen LogP) is 0.960. The summed E-state index contributed by atoms with van der Waals surface area (Å²) in [7, 11) is 0. The average molecular weight is 140 g/mol. The van der Waals surface area contributed by atoms with E-state index in [1.807, 2.05) is 6.08 Å². The number of aliphatic imine (C=N–C) groups is 1. The summed E-state index contributed by atoms with van der Waals surface area (Å²) in [4.78, 5) is 4.05. The number of hydrogen-bond donors (Lipinski definition) is 2. The smallest absolute Gasteiger partial charge is 0.121 e. The van der Waals surface area contributed by atoms with E-state index in [9.17, 15) is 0 Å². The molecule has 0 spiro atoms. The second kappa shape index (κ2) is 3.37. The number of nitrogens with zero attached hydrogens (tertiary/aromatic N) is 1. The van der Waals surface area contributed by atoms with Crippen molar-refractivity contribution in [1.82, 2.24) is 5.48 Å². The highest BCUT2D eigenvalue weighted by Gasteiger charge is 2.12. The van der Waals surface area contributed by atoms with E-state index in [2.05, 4.69) is 17.1 Å². The number of amidine groups is 1. The Balaban J connectivity index is 2.47. The Bertz CT molecular complexity index is 154. The first-order valence-corrected chi connectivity index (χ1v) is 3.43. The number of nitrogens with one attached hydrogen (secondary N) is 1. The van der Waals surface area contributed by atoms with E-state index in [4.69, 9.17) is 5.21 Å². The monoisotopic (exact) mass is 140 g/mol. The van der Waals surface area contributed by atoms with Crippen LogP contribution in [0.5, 0.6) is 0 Å². The van der Waals surface area contributed by atoms with Crippen LogP contribution < -0.4 is 5.48 Å². The van der Waals surface area contributed by atoms with Gasteiger partial charge in [0, 0.05) is 13.0 Å². The highest BCUT2D eigenvalue weighted by atomic mass is 16.5. The van der Waals surface area contributed by atoms with Gasteiger partial charge in [0.15, 0.2) is 0 Å². The van der Waals surface area contributed by atoms with Crippen LogP contribution in [0.4, 0.5) is 0 Å². The van der Waals surface area contributed by atoms with Crippen molar-refractivity contribution in [3.63, 3.8) is 0 Å². The highest BCUT2D eigenvalue weighted by molar-refractivity contribution is 5.81. The molecule has 0 aromatic carbocycles. The maximum absolute atomic E-state index is 8.49. The van der Waals surface area contributed by atoms with Gasteiger partial charge < -0.3 is 0 Å². The zero-order valence-electron chi connectivity index (χ0n) is 5.88. The molecule has 1 rings (SSSR count). The molecule has 0 bridgehead atoms. The summed E-state index contributed by atoms with van der Waals surface area (Å²) >= 11 is 0. The van der Waals surface area contributed by atoms with E-state index in [0.29, 0.717) is 11.8 Å². The van der Waals surface area contributed by atoms with E-state index in [1.165, 1.54) is 0 Å². The van der Waals surface area contributed by atoms with Crippen molar-refractivity contribution in [2.45, 2.75) is 12.8 Å². The zero-order valence-corrected chi connectivity index (χ0v) is 5.88. The molecule has 3 heteroatoms. The molecule has 0 aliphatic carbocycles. The molecule has 0 fully saturated rings. The Hall–Kier alpha value is -0.830. The van der Waals surface area contributed by atoms with Crippen LogP contribution in [0.15, 0.2) is 17.6 Å². The van der Waals surface area contributed by atoms with Gasteiger partial charge in [0.2, 0.25) is 0 Å². The Morgan fingerprint density at radius 1 is 1.80 bits per heavy atom. The summed E-state index contributed by atoms with van der Waals surface area (Å²) in [6, 6.07) is 0. The molecule has 0 saturated heterocycles. The lowest BCUT2D eigenvalue weighted by Gasteiger charge is -2.17. The van der Waals surface area contributed by atoms with Crippen LogP contribution in [0.3, 0.4) is 0 Å². The lowest BCUT2D eigenvalue weighted by Crippen LogP contribution is -2.25. The topological polar surface area (TPSA) is 44.6 Å². The maximum atomic E-state index is 8.49. The SMILES string of the molecule is C=CC1CCN=C(NO)C1. The molecule has 1 heterocycles. The van der Waals surface area contributed by atoms with Gasteiger partial charge in [0.25, 0.3) is 0 Å². The molecule has 2 N–H and O–H groups in total. The fourth-order valence-corrected chi connectivity index (χ4v) is 1.06. The lowest BCUT2D eigenvalue weighted by atomic mass is 9.99. The van der Waals surface area contributed by atoms with Crippen molar-refractivity contribution in [3.8, 4) is 0 Å². The molecule has 0 radical (unpaired) electrons. The molecule has 1 aliphatic heterocycles. The summed E-state index contributed by atoms with van der Waals surface area (Å²) in [5.74, 6) is 1.16. The molecular formula is C7H12N2O. The van der Waals surface area contributed by atoms with Gasteiger partial charge in [0.05, 0.1) is 0 Å². The van der Waals surface area contributed by atoms with Gasteiger partial charge >= 0.3 is 0 Å². The van der Waals surface area contributed by atoms with Crippen LogP contribution in [0, 0.1) is 5.92 Å². The first-order valence-electron chi connectivity index (χ1n) is 3.43. The van der Waals surface area contributed by atoms with Gasteiger partial charge in [-0.2, -0.15) is 0 Å². The number of hydrogen-bond acceptors (Lipinski definition) is 3. The summed E-state index contributed by atoms with van der Waals surface area (Å²) in [5, 5.41) is 8.49. The first kappa shape index (κ1) is 7.28. The van der Waals surface area contributed by atoms with E-state index < -0.39 is 0 Å². The van der Waals surface area contributed by atoms with E-state index in [-0.39, 0.29) is 0 Å². The Morgan fingerprint density at radius 3 is 3.20 bits per heavy atom. The molecule has 0 saturated carbocycles. The molecule has 0 aromatic rings. The second-order valence-corrected chi connectivity index (χ2v) is 2.43. The quantitative estimate of drug-likeness (QED) is 0.421. The first-order chi connectivity index (χ1) is 4.86. The Morgan fingerprint density at radius 2 is 2.60 bits per heavy atom. The molecule has 0 amide bonds. The van der Waals surface area contributed by atoms with Crippen LogP contribution in [-0.4, -0.2) is 17.6 Å². The van der Waals surface area contributed by atoms with E-state index in [0.717, 1.165) is 19.4 Å². The third kappa shape index (κ3) is 1.57. The Labute approximate surface area is 60.4 Å². The van der Waals surface area contributed by atoms with Gasteiger partial charge in [-0.05, 0) is 12.3 Å². The Kier molecular flexibility index (Phi) is 2.45. The molecule has 1 aliphatic rings. The van der Waals surface area contributed by atoms with Gasteiger partial charge in [-0.3, -0.25) is 15.7 Å². The van der Waals surface area contributed by atoms with Gasteiger partial charge in [-0.1, -0.05) is 6.08 Å². The van der Waals surface area contributed by atoms with Crippen LogP contribution in [0.1, 0.15) is 12.8 Å². The maximum Gasteiger partial charge on any atom is 0.121 e. The minimum atomic E-state index is 0.479. The van der Waals surface area contributed by atoms with Gasteiger partial charge in [-0.15, -0.1) is 6.58 Å². The van der Waals surface area contributed by atoms with Crippen molar-refractivity contribution in [2.75, 3.05) is 6.54 Å². The van der Waals surface area contributed by atoms with E-state index >= 15 is 0 Å². The third-order valence-electron chi connectivity index (χ3n) is 1.72. The fraction of sp³-hybridized carbons (Fsp3) is 0.571. The zero-order chi connectivity index (χ0) is 7.40. The summed E-state index contributed by atoms with van der Waals surface area (Å²) in [5.41, 5.74) is 2.07. The molecular weight excluding hydrogens is 128 g/mol. The number of allylic oxidation sites excluding steroid dienone is 1. The molecule has 0 aromatic heterocycles. The molecule has 1 atom stereocenters. The van der Waals surface area contributed by atoms with Gasteiger partial charge in [-0.25, -0.2) is 0 Å². The van der Waals surface area contributed by atoms with Crippen LogP contribution in [0.25, 0.3) is 0 Å². The minimum absolute atomic E-state index is 0.479. The molecule has 1 unspecified atom stereocenters. The highest BCUT2D eigenvalue weighted by Crippen LogP contribution is 2.14. The van der Waals surface area contributed by atoms with Crippen molar-refractivity contribution in [3.05, 3.63) is 12.7 Å². The molecule has 3 nitrogen and oxygen atoms in total. The largest absolute Gasteiger partial charge is 0.290 e. The van der Waals surface area contributed by atoms with Crippen molar-refractivity contribution < 1.29 is 5.21 Å². The van der Waals surface area contributed by atoms with Crippen LogP contribution >= 0.6 is 0 Å². The molecule has 10 heavy (non-hydrogen) atoms. The number of hydroxylamine groups is 1.